The number of nitrogens with two attached hydrogens (primary N) is 1. The third kappa shape index (κ3) is 2.87. The molecule has 0 saturated carbocycles. The molecular weight excluding hydrogens is 258 g/mol. The standard InChI is InChI=1S/C14H19N3OS/c1-9-13(4-6-18-9)19-7-5-14-16-11-3-2-10(15)8-12(11)17-14/h2-3,8-9,13H,4-7,15H2,1H3,(H,16,17). The van der Waals surface area contributed by atoms with Crippen molar-refractivity contribution in [2.45, 2.75) is 31.1 Å². The van der Waals surface area contributed by atoms with Gasteiger partial charge in [-0.05, 0) is 31.5 Å². The predicted octanol–water partition coefficient (Wildman–Crippen LogP) is 2.60. The van der Waals surface area contributed by atoms with Crippen molar-refractivity contribution < 1.29 is 4.74 Å². The summed E-state index contributed by atoms with van der Waals surface area (Å²) in [7, 11) is 0. The zero-order chi connectivity index (χ0) is 13.2. The van der Waals surface area contributed by atoms with Crippen molar-refractivity contribution in [2.75, 3.05) is 18.1 Å². The fourth-order valence-electron chi connectivity index (χ4n) is 2.44. The number of aryl methyl sites for hydroxylation is 1. The van der Waals surface area contributed by atoms with Crippen molar-refractivity contribution >= 4 is 28.5 Å². The van der Waals surface area contributed by atoms with Crippen LogP contribution in [0.25, 0.3) is 11.0 Å². The molecule has 102 valence electrons. The second-order valence-electron chi connectivity index (χ2n) is 4.98. The van der Waals surface area contributed by atoms with E-state index in [1.54, 1.807) is 0 Å². The molecule has 2 atom stereocenters. The molecule has 1 aromatic carbocycles. The van der Waals surface area contributed by atoms with Gasteiger partial charge in [0.15, 0.2) is 0 Å². The van der Waals surface area contributed by atoms with Crippen LogP contribution in [-0.4, -0.2) is 33.7 Å². The second kappa shape index (κ2) is 5.43. The van der Waals surface area contributed by atoms with E-state index < -0.39 is 0 Å². The zero-order valence-electron chi connectivity index (χ0n) is 11.1. The maximum Gasteiger partial charge on any atom is 0.108 e. The third-order valence-electron chi connectivity index (χ3n) is 3.53. The molecule has 2 heterocycles. The molecule has 1 aliphatic rings. The number of aromatic nitrogens is 2. The molecule has 4 nitrogen and oxygen atoms in total. The minimum atomic E-state index is 0.389. The summed E-state index contributed by atoms with van der Waals surface area (Å²) in [5.41, 5.74) is 8.56. The summed E-state index contributed by atoms with van der Waals surface area (Å²) >= 11 is 1.99. The number of hydrogen-bond donors (Lipinski definition) is 2. The maximum absolute atomic E-state index is 5.77. The van der Waals surface area contributed by atoms with E-state index in [9.17, 15) is 0 Å². The summed E-state index contributed by atoms with van der Waals surface area (Å²) in [5.74, 6) is 2.12. The van der Waals surface area contributed by atoms with Crippen LogP contribution in [0, 0.1) is 0 Å². The first-order valence-corrected chi connectivity index (χ1v) is 7.74. The van der Waals surface area contributed by atoms with E-state index in [0.29, 0.717) is 11.4 Å². The molecule has 0 spiro atoms. The quantitative estimate of drug-likeness (QED) is 0.843. The maximum atomic E-state index is 5.77. The predicted molar refractivity (Wildman–Crippen MR) is 80.5 cm³/mol. The number of thioether (sulfide) groups is 1. The minimum absolute atomic E-state index is 0.389. The van der Waals surface area contributed by atoms with Crippen LogP contribution >= 0.6 is 11.8 Å². The van der Waals surface area contributed by atoms with Gasteiger partial charge in [-0.15, -0.1) is 0 Å². The number of nitrogen functional groups attached to an aromatic ring is 1. The molecule has 0 amide bonds. The van der Waals surface area contributed by atoms with Gasteiger partial charge in [-0.2, -0.15) is 11.8 Å². The van der Waals surface area contributed by atoms with Crippen molar-refractivity contribution in [3.05, 3.63) is 24.0 Å². The molecule has 2 unspecified atom stereocenters. The normalized spacial score (nSPS) is 23.2. The summed E-state index contributed by atoms with van der Waals surface area (Å²) < 4.78 is 5.57. The molecule has 1 fully saturated rings. The Morgan fingerprint density at radius 1 is 1.53 bits per heavy atom. The SMILES string of the molecule is CC1OCCC1SCCc1nc2ccc(N)cc2[nH]1. The van der Waals surface area contributed by atoms with Gasteiger partial charge in [-0.25, -0.2) is 4.98 Å². The minimum Gasteiger partial charge on any atom is -0.399 e. The van der Waals surface area contributed by atoms with Crippen molar-refractivity contribution in [3.8, 4) is 0 Å². The number of fused-ring (bicyclic) bond motifs is 1. The van der Waals surface area contributed by atoms with E-state index in [4.69, 9.17) is 10.5 Å². The van der Waals surface area contributed by atoms with E-state index in [2.05, 4.69) is 16.9 Å². The summed E-state index contributed by atoms with van der Waals surface area (Å²) in [6.07, 6.45) is 2.52. The lowest BCUT2D eigenvalue weighted by molar-refractivity contribution is 0.127. The monoisotopic (exact) mass is 277 g/mol. The summed E-state index contributed by atoms with van der Waals surface area (Å²) in [4.78, 5) is 7.92. The molecule has 1 aliphatic heterocycles. The van der Waals surface area contributed by atoms with Crippen LogP contribution in [-0.2, 0) is 11.2 Å². The lowest BCUT2D eigenvalue weighted by atomic mass is 10.3. The van der Waals surface area contributed by atoms with Crippen LogP contribution in [0.1, 0.15) is 19.2 Å². The average Bonchev–Trinajstić information content (AvgIpc) is 2.95. The number of H-pyrrole nitrogens is 1. The van der Waals surface area contributed by atoms with E-state index in [1.165, 1.54) is 6.42 Å². The lowest BCUT2D eigenvalue weighted by Crippen LogP contribution is -2.14. The fraction of sp³-hybridized carbons (Fsp3) is 0.500. The molecule has 3 rings (SSSR count). The highest BCUT2D eigenvalue weighted by Gasteiger charge is 2.24. The molecule has 2 aromatic rings. The van der Waals surface area contributed by atoms with Crippen LogP contribution in [0.5, 0.6) is 0 Å². The molecule has 0 bridgehead atoms. The van der Waals surface area contributed by atoms with E-state index in [1.807, 2.05) is 30.0 Å². The van der Waals surface area contributed by atoms with Crippen LogP contribution < -0.4 is 5.73 Å². The van der Waals surface area contributed by atoms with Gasteiger partial charge < -0.3 is 15.5 Å². The van der Waals surface area contributed by atoms with Gasteiger partial charge in [-0.3, -0.25) is 0 Å². The van der Waals surface area contributed by atoms with E-state index in [0.717, 1.165) is 41.3 Å². The Labute approximate surface area is 117 Å². The first-order chi connectivity index (χ1) is 9.22. The summed E-state index contributed by atoms with van der Waals surface area (Å²) in [5, 5.41) is 0.639. The Morgan fingerprint density at radius 2 is 2.42 bits per heavy atom. The molecule has 1 saturated heterocycles. The molecule has 0 radical (unpaired) electrons. The lowest BCUT2D eigenvalue weighted by Gasteiger charge is -2.12. The first kappa shape index (κ1) is 12.8. The van der Waals surface area contributed by atoms with Crippen molar-refractivity contribution in [2.24, 2.45) is 0 Å². The van der Waals surface area contributed by atoms with Gasteiger partial charge in [0, 0.05) is 29.7 Å². The zero-order valence-corrected chi connectivity index (χ0v) is 11.9. The highest BCUT2D eigenvalue weighted by Crippen LogP contribution is 2.26. The number of hydrogen-bond acceptors (Lipinski definition) is 4. The van der Waals surface area contributed by atoms with Crippen molar-refractivity contribution in [3.63, 3.8) is 0 Å². The van der Waals surface area contributed by atoms with Crippen molar-refractivity contribution in [1.82, 2.24) is 9.97 Å². The molecular formula is C14H19N3OS. The number of aromatic amines is 1. The number of anilines is 1. The second-order valence-corrected chi connectivity index (χ2v) is 6.33. The van der Waals surface area contributed by atoms with Gasteiger partial charge in [0.2, 0.25) is 0 Å². The van der Waals surface area contributed by atoms with Crippen LogP contribution in [0.15, 0.2) is 18.2 Å². The van der Waals surface area contributed by atoms with Crippen molar-refractivity contribution in [1.29, 1.82) is 0 Å². The Kier molecular flexibility index (Phi) is 3.66. The number of ether oxygens (including phenoxy) is 1. The topological polar surface area (TPSA) is 63.9 Å². The highest BCUT2D eigenvalue weighted by molar-refractivity contribution is 7.99. The van der Waals surface area contributed by atoms with Crippen LogP contribution in [0.3, 0.4) is 0 Å². The van der Waals surface area contributed by atoms with Crippen LogP contribution in [0.4, 0.5) is 5.69 Å². The average molecular weight is 277 g/mol. The first-order valence-electron chi connectivity index (χ1n) is 6.70. The number of imidazole rings is 1. The number of nitrogens with one attached hydrogen (secondary N) is 1. The molecule has 1 aromatic heterocycles. The largest absolute Gasteiger partial charge is 0.399 e. The fourth-order valence-corrected chi connectivity index (χ4v) is 3.66. The Bertz CT molecular complexity index is 569. The molecule has 0 aliphatic carbocycles. The summed E-state index contributed by atoms with van der Waals surface area (Å²) in [6.45, 7) is 3.07. The molecule has 3 N–H and O–H groups in total. The Balaban J connectivity index is 1.59. The Morgan fingerprint density at radius 3 is 3.21 bits per heavy atom. The number of rotatable bonds is 4. The highest BCUT2D eigenvalue weighted by atomic mass is 32.2. The summed E-state index contributed by atoms with van der Waals surface area (Å²) in [6, 6.07) is 5.79. The molecule has 5 heteroatoms. The third-order valence-corrected chi connectivity index (χ3v) is 5.02. The van der Waals surface area contributed by atoms with E-state index in [-0.39, 0.29) is 0 Å². The Hall–Kier alpha value is -1.20. The number of benzene rings is 1. The smallest absolute Gasteiger partial charge is 0.108 e. The van der Waals surface area contributed by atoms with Gasteiger partial charge in [0.1, 0.15) is 5.82 Å². The van der Waals surface area contributed by atoms with Crippen LogP contribution in [0.2, 0.25) is 0 Å². The van der Waals surface area contributed by atoms with Gasteiger partial charge in [0.25, 0.3) is 0 Å². The van der Waals surface area contributed by atoms with Gasteiger partial charge in [0.05, 0.1) is 17.1 Å². The van der Waals surface area contributed by atoms with E-state index >= 15 is 0 Å². The van der Waals surface area contributed by atoms with Gasteiger partial charge >= 0.3 is 0 Å². The van der Waals surface area contributed by atoms with Gasteiger partial charge in [-0.1, -0.05) is 0 Å². The number of nitrogens with zero attached hydrogens (tertiary/aromatic N) is 1. The molecule has 19 heavy (non-hydrogen) atoms.